The third kappa shape index (κ3) is 4.06. The number of aromatic nitrogens is 1. The molecule has 0 aliphatic carbocycles. The Morgan fingerprint density at radius 3 is 2.20 bits per heavy atom. The van der Waals surface area contributed by atoms with Gasteiger partial charge in [-0.3, -0.25) is 4.98 Å². The van der Waals surface area contributed by atoms with Crippen LogP contribution in [0, 0.1) is 0 Å². The van der Waals surface area contributed by atoms with E-state index in [9.17, 15) is 8.42 Å². The van der Waals surface area contributed by atoms with E-state index in [1.165, 1.54) is 0 Å². The number of benzene rings is 2. The zero-order chi connectivity index (χ0) is 18.3. The van der Waals surface area contributed by atoms with Crippen molar-refractivity contribution < 1.29 is 8.42 Å². The Labute approximate surface area is 149 Å². The van der Waals surface area contributed by atoms with Crippen LogP contribution in [0.3, 0.4) is 0 Å². The highest BCUT2D eigenvalue weighted by Crippen LogP contribution is 2.31. The average molecular weight is 354 g/mol. The minimum absolute atomic E-state index is 0.263. The van der Waals surface area contributed by atoms with Crippen LogP contribution < -0.4 is 5.32 Å². The molecule has 1 N–H and O–H groups in total. The van der Waals surface area contributed by atoms with E-state index in [2.05, 4.69) is 10.3 Å². The molecule has 3 aromatic rings. The Morgan fingerprint density at radius 2 is 1.60 bits per heavy atom. The molecule has 0 spiro atoms. The lowest BCUT2D eigenvalue weighted by Crippen LogP contribution is -2.06. The molecule has 0 saturated carbocycles. The zero-order valence-corrected chi connectivity index (χ0v) is 15.4. The molecule has 0 unspecified atom stereocenters. The van der Waals surface area contributed by atoms with E-state index >= 15 is 0 Å². The first-order valence-electron chi connectivity index (χ1n) is 8.15. The quantitative estimate of drug-likeness (QED) is 0.741. The van der Waals surface area contributed by atoms with Gasteiger partial charge in [-0.25, -0.2) is 8.42 Å². The first-order chi connectivity index (χ1) is 12.1. The van der Waals surface area contributed by atoms with Crippen molar-refractivity contribution in [3.05, 3.63) is 73.1 Å². The number of sulfone groups is 1. The molecule has 0 radical (unpaired) electrons. The van der Waals surface area contributed by atoms with Gasteiger partial charge in [0, 0.05) is 25.0 Å². The predicted octanol–water partition coefficient (Wildman–Crippen LogP) is 4.65. The Balaban J connectivity index is 0.00000109. The molecule has 2 aromatic carbocycles. The number of pyridine rings is 1. The Bertz CT molecular complexity index is 909. The van der Waals surface area contributed by atoms with Gasteiger partial charge in [-0.05, 0) is 35.9 Å². The van der Waals surface area contributed by atoms with Crippen LogP contribution in [-0.4, -0.2) is 20.4 Å². The van der Waals surface area contributed by atoms with Crippen LogP contribution in [0.4, 0.5) is 5.69 Å². The van der Waals surface area contributed by atoms with Crippen LogP contribution >= 0.6 is 0 Å². The largest absolute Gasteiger partial charge is 0.387 e. The fraction of sp³-hybridized carbons (Fsp3) is 0.150. The molecule has 0 bridgehead atoms. The molecule has 4 nitrogen and oxygen atoms in total. The van der Waals surface area contributed by atoms with Crippen molar-refractivity contribution in [2.24, 2.45) is 0 Å². The summed E-state index contributed by atoms with van der Waals surface area (Å²) in [6.45, 7) is 4.00. The van der Waals surface area contributed by atoms with Gasteiger partial charge in [0.25, 0.3) is 0 Å². The van der Waals surface area contributed by atoms with E-state index in [4.69, 9.17) is 0 Å². The van der Waals surface area contributed by atoms with E-state index < -0.39 is 9.84 Å². The molecule has 5 heteroatoms. The molecular weight excluding hydrogens is 332 g/mol. The molecular formula is C20H22N2O2S. The second-order valence-corrected chi connectivity index (χ2v) is 6.94. The van der Waals surface area contributed by atoms with Crippen molar-refractivity contribution >= 4 is 15.5 Å². The van der Waals surface area contributed by atoms with Gasteiger partial charge in [0.15, 0.2) is 0 Å². The maximum Gasteiger partial charge on any atom is 0.208 e. The highest BCUT2D eigenvalue weighted by atomic mass is 32.2. The lowest BCUT2D eigenvalue weighted by molar-refractivity contribution is 0.596. The number of nitrogens with one attached hydrogen (secondary N) is 1. The molecule has 0 amide bonds. The summed E-state index contributed by atoms with van der Waals surface area (Å²) >= 11 is 0. The number of hydrogen-bond donors (Lipinski definition) is 1. The van der Waals surface area contributed by atoms with Gasteiger partial charge in [-0.1, -0.05) is 44.2 Å². The van der Waals surface area contributed by atoms with E-state index in [1.54, 1.807) is 61.9 Å². The Kier molecular flexibility index (Phi) is 6.31. The van der Waals surface area contributed by atoms with Crippen molar-refractivity contribution in [1.82, 2.24) is 4.98 Å². The lowest BCUT2D eigenvalue weighted by atomic mass is 10.1. The van der Waals surface area contributed by atoms with Gasteiger partial charge in [0.1, 0.15) is 0 Å². The van der Waals surface area contributed by atoms with Crippen LogP contribution in [0.15, 0.2) is 82.8 Å². The van der Waals surface area contributed by atoms with Crippen molar-refractivity contribution in [3.8, 4) is 11.1 Å². The molecule has 0 saturated heterocycles. The molecule has 0 fully saturated rings. The first kappa shape index (κ1) is 18.7. The minimum Gasteiger partial charge on any atom is -0.387 e. The van der Waals surface area contributed by atoms with Crippen LogP contribution in [0.1, 0.15) is 13.8 Å². The normalized spacial score (nSPS) is 10.5. The average Bonchev–Trinajstić information content (AvgIpc) is 2.70. The molecule has 1 aromatic heterocycles. The third-order valence-corrected chi connectivity index (χ3v) is 5.41. The van der Waals surface area contributed by atoms with Crippen molar-refractivity contribution in [3.63, 3.8) is 0 Å². The molecule has 1 heterocycles. The van der Waals surface area contributed by atoms with Crippen molar-refractivity contribution in [2.75, 3.05) is 12.4 Å². The molecule has 0 aliphatic heterocycles. The Hall–Kier alpha value is -2.66. The number of nitrogens with zero attached hydrogens (tertiary/aromatic N) is 1. The SMILES string of the molecule is CC.CNc1cc(-c2cccnc2)ccc1S(=O)(=O)c1ccccc1. The lowest BCUT2D eigenvalue weighted by Gasteiger charge is -2.12. The monoisotopic (exact) mass is 354 g/mol. The van der Waals surface area contributed by atoms with Crippen LogP contribution in [0.25, 0.3) is 11.1 Å². The van der Waals surface area contributed by atoms with Crippen LogP contribution in [0.2, 0.25) is 0 Å². The number of anilines is 1. The summed E-state index contributed by atoms with van der Waals surface area (Å²) in [4.78, 5) is 4.64. The van der Waals surface area contributed by atoms with Crippen LogP contribution in [-0.2, 0) is 9.84 Å². The molecule has 3 rings (SSSR count). The van der Waals surface area contributed by atoms with Gasteiger partial charge in [-0.2, -0.15) is 0 Å². The van der Waals surface area contributed by atoms with Crippen molar-refractivity contribution in [1.29, 1.82) is 0 Å². The highest BCUT2D eigenvalue weighted by Gasteiger charge is 2.21. The maximum absolute atomic E-state index is 12.8. The fourth-order valence-electron chi connectivity index (χ4n) is 2.40. The third-order valence-electron chi connectivity index (χ3n) is 3.59. The second-order valence-electron chi connectivity index (χ2n) is 5.02. The first-order valence-corrected chi connectivity index (χ1v) is 9.63. The standard InChI is InChI=1S/C18H16N2O2S.C2H6/c1-19-17-12-14(15-6-5-11-20-13-15)9-10-18(17)23(21,22)16-7-3-2-4-8-16;1-2/h2-13,19H,1H3;1-2H3. The summed E-state index contributed by atoms with van der Waals surface area (Å²) in [6, 6.07) is 17.5. The molecule has 130 valence electrons. The fourth-order valence-corrected chi connectivity index (χ4v) is 3.87. The second kappa shape index (κ2) is 8.44. The van der Waals surface area contributed by atoms with Gasteiger partial charge in [-0.15, -0.1) is 0 Å². The van der Waals surface area contributed by atoms with E-state index in [0.29, 0.717) is 5.69 Å². The number of hydrogen-bond acceptors (Lipinski definition) is 4. The molecule has 0 atom stereocenters. The topological polar surface area (TPSA) is 59.1 Å². The summed E-state index contributed by atoms with van der Waals surface area (Å²) in [5, 5.41) is 2.98. The van der Waals surface area contributed by atoms with Crippen LogP contribution in [0.5, 0.6) is 0 Å². The predicted molar refractivity (Wildman–Crippen MR) is 102 cm³/mol. The van der Waals surface area contributed by atoms with E-state index in [-0.39, 0.29) is 9.79 Å². The van der Waals surface area contributed by atoms with Gasteiger partial charge >= 0.3 is 0 Å². The van der Waals surface area contributed by atoms with Gasteiger partial charge < -0.3 is 5.32 Å². The zero-order valence-electron chi connectivity index (χ0n) is 14.6. The van der Waals surface area contributed by atoms with Gasteiger partial charge in [0.2, 0.25) is 9.84 Å². The molecule has 0 aliphatic rings. The van der Waals surface area contributed by atoms with Gasteiger partial charge in [0.05, 0.1) is 15.5 Å². The maximum atomic E-state index is 12.8. The molecule has 25 heavy (non-hydrogen) atoms. The van der Waals surface area contributed by atoms with E-state index in [1.807, 2.05) is 32.0 Å². The highest BCUT2D eigenvalue weighted by molar-refractivity contribution is 7.91. The van der Waals surface area contributed by atoms with Crippen molar-refractivity contribution in [2.45, 2.75) is 23.6 Å². The summed E-state index contributed by atoms with van der Waals surface area (Å²) < 4.78 is 25.6. The minimum atomic E-state index is -3.56. The Morgan fingerprint density at radius 1 is 0.880 bits per heavy atom. The smallest absolute Gasteiger partial charge is 0.208 e. The number of rotatable bonds is 4. The van der Waals surface area contributed by atoms with E-state index in [0.717, 1.165) is 11.1 Å². The summed E-state index contributed by atoms with van der Waals surface area (Å²) in [5.74, 6) is 0. The summed E-state index contributed by atoms with van der Waals surface area (Å²) in [7, 11) is -1.84. The summed E-state index contributed by atoms with van der Waals surface area (Å²) in [5.41, 5.74) is 2.41. The summed E-state index contributed by atoms with van der Waals surface area (Å²) in [6.07, 6.45) is 3.46.